The van der Waals surface area contributed by atoms with Gasteiger partial charge in [-0.1, -0.05) is 11.6 Å². The lowest BCUT2D eigenvalue weighted by molar-refractivity contribution is -0.384. The zero-order valence-corrected chi connectivity index (χ0v) is 15.5. The second-order valence-electron chi connectivity index (χ2n) is 5.75. The monoisotopic (exact) mass is 394 g/mol. The summed E-state index contributed by atoms with van der Waals surface area (Å²) in [7, 11) is 3.04. The van der Waals surface area contributed by atoms with Crippen molar-refractivity contribution in [3.8, 4) is 11.5 Å². The first-order valence-electron chi connectivity index (χ1n) is 7.96. The van der Waals surface area contributed by atoms with E-state index in [2.05, 4.69) is 0 Å². The highest BCUT2D eigenvalue weighted by Crippen LogP contribution is 2.25. The van der Waals surface area contributed by atoms with E-state index in [0.29, 0.717) is 11.5 Å². The van der Waals surface area contributed by atoms with Crippen molar-refractivity contribution in [3.63, 3.8) is 0 Å². The van der Waals surface area contributed by atoms with Crippen LogP contribution in [0.15, 0.2) is 42.5 Å². The Morgan fingerprint density at radius 2 is 1.89 bits per heavy atom. The van der Waals surface area contributed by atoms with Crippen LogP contribution in [0.2, 0.25) is 5.02 Å². The largest absolute Gasteiger partial charge is 0.497 e. The Hall–Kier alpha value is -2.84. The number of nitro groups is 1. The molecule has 2 rings (SSSR count). The summed E-state index contributed by atoms with van der Waals surface area (Å²) in [5, 5.41) is 21.0. The minimum Gasteiger partial charge on any atom is -0.497 e. The molecule has 0 saturated carbocycles. The maximum Gasteiger partial charge on any atom is 0.288 e. The molecule has 9 heteroatoms. The van der Waals surface area contributed by atoms with Crippen LogP contribution in [0.1, 0.15) is 10.4 Å². The SMILES string of the molecule is COc1ccc(OC[C@@H](O)CN(C)C(=O)c2ccc(Cl)c([N+](=O)[O-])c2)cc1. The normalized spacial score (nSPS) is 11.6. The van der Waals surface area contributed by atoms with Gasteiger partial charge in [-0.3, -0.25) is 14.9 Å². The van der Waals surface area contributed by atoms with Gasteiger partial charge in [0.05, 0.1) is 12.0 Å². The molecular formula is C18H19ClN2O6. The Kier molecular flexibility index (Phi) is 6.98. The summed E-state index contributed by atoms with van der Waals surface area (Å²) >= 11 is 5.75. The second kappa shape index (κ2) is 9.20. The van der Waals surface area contributed by atoms with Gasteiger partial charge in [0.25, 0.3) is 11.6 Å². The maximum atomic E-state index is 12.4. The molecule has 0 aliphatic carbocycles. The first-order valence-corrected chi connectivity index (χ1v) is 8.34. The zero-order valence-electron chi connectivity index (χ0n) is 14.8. The lowest BCUT2D eigenvalue weighted by Crippen LogP contribution is -2.37. The summed E-state index contributed by atoms with van der Waals surface area (Å²) in [5.74, 6) is 0.765. The number of aliphatic hydroxyl groups is 1. The van der Waals surface area contributed by atoms with Gasteiger partial charge in [0.1, 0.15) is 29.2 Å². The predicted molar refractivity (Wildman–Crippen MR) is 99.6 cm³/mol. The number of likely N-dealkylation sites (N-methyl/N-ethyl adjacent to an activating group) is 1. The van der Waals surface area contributed by atoms with Gasteiger partial charge in [0.15, 0.2) is 0 Å². The maximum absolute atomic E-state index is 12.4. The third-order valence-electron chi connectivity index (χ3n) is 3.72. The van der Waals surface area contributed by atoms with Crippen molar-refractivity contribution in [3.05, 3.63) is 63.2 Å². The number of aliphatic hydroxyl groups excluding tert-OH is 1. The van der Waals surface area contributed by atoms with Crippen LogP contribution in [0.25, 0.3) is 0 Å². The summed E-state index contributed by atoms with van der Waals surface area (Å²) in [4.78, 5) is 23.9. The molecule has 0 heterocycles. The van der Waals surface area contributed by atoms with E-state index >= 15 is 0 Å². The molecule has 0 fully saturated rings. The van der Waals surface area contributed by atoms with Gasteiger partial charge in [0, 0.05) is 25.2 Å². The summed E-state index contributed by atoms with van der Waals surface area (Å²) in [6.45, 7) is -0.0316. The van der Waals surface area contributed by atoms with Crippen LogP contribution in [0.3, 0.4) is 0 Å². The van der Waals surface area contributed by atoms with Crippen molar-refractivity contribution in [2.45, 2.75) is 6.10 Å². The first-order chi connectivity index (χ1) is 12.8. The molecule has 27 heavy (non-hydrogen) atoms. The van der Waals surface area contributed by atoms with Crippen molar-refractivity contribution >= 4 is 23.2 Å². The standard InChI is InChI=1S/C18H19ClN2O6/c1-20(18(23)12-3-8-16(19)17(9-12)21(24)25)10-13(22)11-27-15-6-4-14(26-2)5-7-15/h3-9,13,22H,10-11H2,1-2H3/t13-/m0/s1. The fraction of sp³-hybridized carbons (Fsp3) is 0.278. The number of nitro benzene ring substituents is 1. The minimum atomic E-state index is -0.941. The van der Waals surface area contributed by atoms with Crippen LogP contribution in [-0.4, -0.2) is 54.3 Å². The number of nitrogens with zero attached hydrogens (tertiary/aromatic N) is 2. The predicted octanol–water partition coefficient (Wildman–Crippen LogP) is 2.77. The van der Waals surface area contributed by atoms with Crippen molar-refractivity contribution in [1.29, 1.82) is 0 Å². The molecule has 0 aromatic heterocycles. The van der Waals surface area contributed by atoms with Crippen molar-refractivity contribution in [1.82, 2.24) is 4.90 Å². The highest BCUT2D eigenvalue weighted by molar-refractivity contribution is 6.32. The van der Waals surface area contributed by atoms with E-state index in [1.54, 1.807) is 31.4 Å². The summed E-state index contributed by atoms with van der Waals surface area (Å²) < 4.78 is 10.5. The number of carbonyl (C=O) groups excluding carboxylic acids is 1. The smallest absolute Gasteiger partial charge is 0.288 e. The summed E-state index contributed by atoms with van der Waals surface area (Å²) in [6.07, 6.45) is -0.941. The van der Waals surface area contributed by atoms with Crippen LogP contribution in [-0.2, 0) is 0 Å². The molecule has 8 nitrogen and oxygen atoms in total. The molecular weight excluding hydrogens is 376 g/mol. The lowest BCUT2D eigenvalue weighted by atomic mass is 10.1. The Morgan fingerprint density at radius 1 is 1.26 bits per heavy atom. The fourth-order valence-electron chi connectivity index (χ4n) is 2.32. The minimum absolute atomic E-state index is 0.00852. The van der Waals surface area contributed by atoms with Crippen LogP contribution in [0, 0.1) is 10.1 Å². The molecule has 2 aromatic rings. The number of ether oxygens (including phenoxy) is 2. The van der Waals surface area contributed by atoms with Crippen molar-refractivity contribution in [2.24, 2.45) is 0 Å². The summed E-state index contributed by atoms with van der Waals surface area (Å²) in [6, 6.07) is 10.7. The lowest BCUT2D eigenvalue weighted by Gasteiger charge is -2.21. The molecule has 0 aliphatic rings. The Labute approximate surface area is 161 Å². The number of hydrogen-bond donors (Lipinski definition) is 1. The number of hydrogen-bond acceptors (Lipinski definition) is 6. The van der Waals surface area contributed by atoms with Crippen molar-refractivity contribution < 1.29 is 24.3 Å². The number of amides is 1. The zero-order chi connectivity index (χ0) is 20.0. The number of halogens is 1. The van der Waals surface area contributed by atoms with Gasteiger partial charge in [0.2, 0.25) is 0 Å². The molecule has 1 N–H and O–H groups in total. The number of methoxy groups -OCH3 is 1. The van der Waals surface area contributed by atoms with Gasteiger partial charge in [-0.2, -0.15) is 0 Å². The molecule has 144 valence electrons. The number of rotatable bonds is 8. The molecule has 0 bridgehead atoms. The first kappa shape index (κ1) is 20.5. The van der Waals surface area contributed by atoms with E-state index in [4.69, 9.17) is 21.1 Å². The molecule has 0 spiro atoms. The highest BCUT2D eigenvalue weighted by atomic mass is 35.5. The van der Waals surface area contributed by atoms with Gasteiger partial charge in [-0.25, -0.2) is 0 Å². The van der Waals surface area contributed by atoms with Gasteiger partial charge >= 0.3 is 0 Å². The van der Waals surface area contributed by atoms with E-state index in [0.717, 1.165) is 6.07 Å². The van der Waals surface area contributed by atoms with E-state index in [1.165, 1.54) is 24.1 Å². The average Bonchev–Trinajstić information content (AvgIpc) is 2.66. The second-order valence-corrected chi connectivity index (χ2v) is 6.16. The topological polar surface area (TPSA) is 102 Å². The molecule has 0 saturated heterocycles. The molecule has 2 aromatic carbocycles. The molecule has 0 aliphatic heterocycles. The van der Waals surface area contributed by atoms with E-state index in [1.807, 2.05) is 0 Å². The molecule has 0 radical (unpaired) electrons. The van der Waals surface area contributed by atoms with E-state index in [9.17, 15) is 20.0 Å². The van der Waals surface area contributed by atoms with Crippen molar-refractivity contribution in [2.75, 3.05) is 27.3 Å². The molecule has 0 unspecified atom stereocenters. The van der Waals surface area contributed by atoms with Crippen LogP contribution >= 0.6 is 11.6 Å². The highest BCUT2D eigenvalue weighted by Gasteiger charge is 2.20. The third-order valence-corrected chi connectivity index (χ3v) is 4.04. The van der Waals surface area contributed by atoms with Crippen LogP contribution in [0.4, 0.5) is 5.69 Å². The third kappa shape index (κ3) is 5.57. The number of benzene rings is 2. The molecule has 1 amide bonds. The fourth-order valence-corrected chi connectivity index (χ4v) is 2.51. The Bertz CT molecular complexity index is 812. The number of carbonyl (C=O) groups is 1. The Balaban J connectivity index is 1.93. The Morgan fingerprint density at radius 3 is 2.48 bits per heavy atom. The van der Waals surface area contributed by atoms with Gasteiger partial charge in [-0.05, 0) is 36.4 Å². The van der Waals surface area contributed by atoms with Gasteiger partial charge < -0.3 is 19.5 Å². The quantitative estimate of drug-likeness (QED) is 0.545. The molecule has 1 atom stereocenters. The van der Waals surface area contributed by atoms with E-state index in [-0.39, 0.29) is 29.4 Å². The van der Waals surface area contributed by atoms with Crippen LogP contribution < -0.4 is 9.47 Å². The van der Waals surface area contributed by atoms with Gasteiger partial charge in [-0.15, -0.1) is 0 Å². The van der Waals surface area contributed by atoms with E-state index < -0.39 is 16.9 Å². The summed E-state index contributed by atoms with van der Waals surface area (Å²) in [5.41, 5.74) is -0.240. The van der Waals surface area contributed by atoms with Crippen LogP contribution in [0.5, 0.6) is 11.5 Å². The average molecular weight is 395 g/mol.